The second-order valence-corrected chi connectivity index (χ2v) is 4.53. The Balaban J connectivity index is 2.10. The molecule has 0 aliphatic carbocycles. The summed E-state index contributed by atoms with van der Waals surface area (Å²) in [6.45, 7) is 1.93. The minimum atomic E-state index is -0.0670. The van der Waals surface area contributed by atoms with Crippen molar-refractivity contribution in [3.8, 4) is 5.75 Å². The lowest BCUT2D eigenvalue weighted by molar-refractivity contribution is 0.103. The van der Waals surface area contributed by atoms with E-state index in [0.717, 1.165) is 21.9 Å². The molecular weight excluding hydrogens is 234 g/mol. The third-order valence-corrected chi connectivity index (χ3v) is 3.43. The molecule has 0 fully saturated rings. The highest BCUT2D eigenvalue weighted by Gasteiger charge is 2.10. The first-order valence-corrected chi connectivity index (χ1v) is 6.08. The number of hydrogen-bond donors (Lipinski definition) is 1. The van der Waals surface area contributed by atoms with Gasteiger partial charge < -0.3 is 10.1 Å². The maximum atomic E-state index is 11.9. The number of thiophene rings is 1. The molecule has 0 atom stereocenters. The molecule has 0 unspecified atom stereocenters. The van der Waals surface area contributed by atoms with Crippen molar-refractivity contribution < 1.29 is 9.53 Å². The van der Waals surface area contributed by atoms with Crippen LogP contribution in [0.5, 0.6) is 5.75 Å². The van der Waals surface area contributed by atoms with Crippen LogP contribution in [0.1, 0.15) is 15.2 Å². The number of anilines is 1. The Morgan fingerprint density at radius 2 is 1.94 bits per heavy atom. The smallest absolute Gasteiger partial charge is 0.265 e. The van der Waals surface area contributed by atoms with Gasteiger partial charge in [0.15, 0.2) is 0 Å². The molecule has 0 saturated heterocycles. The van der Waals surface area contributed by atoms with Crippen LogP contribution < -0.4 is 10.1 Å². The molecule has 0 saturated carbocycles. The summed E-state index contributed by atoms with van der Waals surface area (Å²) in [6, 6.07) is 9.21. The van der Waals surface area contributed by atoms with Crippen LogP contribution in [0, 0.1) is 6.92 Å². The van der Waals surface area contributed by atoms with Crippen LogP contribution in [0.25, 0.3) is 0 Å². The Bertz CT molecular complexity index is 516. The van der Waals surface area contributed by atoms with Crippen molar-refractivity contribution in [2.24, 2.45) is 0 Å². The van der Waals surface area contributed by atoms with Gasteiger partial charge in [-0.15, -0.1) is 11.3 Å². The molecule has 0 aliphatic rings. The van der Waals surface area contributed by atoms with Gasteiger partial charge in [-0.25, -0.2) is 0 Å². The summed E-state index contributed by atoms with van der Waals surface area (Å²) in [6.07, 6.45) is 0. The van der Waals surface area contributed by atoms with Crippen molar-refractivity contribution in [3.05, 3.63) is 46.2 Å². The number of ether oxygens (including phenoxy) is 1. The van der Waals surface area contributed by atoms with Crippen LogP contribution in [-0.4, -0.2) is 13.0 Å². The van der Waals surface area contributed by atoms with Gasteiger partial charge >= 0.3 is 0 Å². The van der Waals surface area contributed by atoms with Gasteiger partial charge in [-0.1, -0.05) is 0 Å². The second kappa shape index (κ2) is 5.01. The van der Waals surface area contributed by atoms with Crippen molar-refractivity contribution in [2.45, 2.75) is 6.92 Å². The van der Waals surface area contributed by atoms with E-state index in [-0.39, 0.29) is 5.91 Å². The lowest BCUT2D eigenvalue weighted by Gasteiger charge is -2.05. The quantitative estimate of drug-likeness (QED) is 0.903. The topological polar surface area (TPSA) is 38.3 Å². The Morgan fingerprint density at radius 1 is 1.24 bits per heavy atom. The molecule has 1 aromatic carbocycles. The number of benzene rings is 1. The van der Waals surface area contributed by atoms with Gasteiger partial charge in [-0.05, 0) is 48.2 Å². The molecule has 3 nitrogen and oxygen atoms in total. The van der Waals surface area contributed by atoms with Crippen molar-refractivity contribution >= 4 is 22.9 Å². The summed E-state index contributed by atoms with van der Waals surface area (Å²) in [5, 5.41) is 4.77. The maximum Gasteiger partial charge on any atom is 0.265 e. The summed E-state index contributed by atoms with van der Waals surface area (Å²) in [5.41, 5.74) is 1.77. The third-order valence-electron chi connectivity index (χ3n) is 2.42. The van der Waals surface area contributed by atoms with Gasteiger partial charge in [0.1, 0.15) is 5.75 Å². The van der Waals surface area contributed by atoms with E-state index in [9.17, 15) is 4.79 Å². The number of carbonyl (C=O) groups is 1. The van der Waals surface area contributed by atoms with Gasteiger partial charge in [0.25, 0.3) is 5.91 Å². The average molecular weight is 247 g/mol. The first-order valence-electron chi connectivity index (χ1n) is 5.20. The molecule has 1 amide bonds. The van der Waals surface area contributed by atoms with E-state index in [1.54, 1.807) is 7.11 Å². The Labute approximate surface area is 104 Å². The largest absolute Gasteiger partial charge is 0.497 e. The minimum Gasteiger partial charge on any atom is -0.497 e. The molecule has 0 bridgehead atoms. The molecule has 1 heterocycles. The maximum absolute atomic E-state index is 11.9. The fourth-order valence-corrected chi connectivity index (χ4v) is 2.29. The summed E-state index contributed by atoms with van der Waals surface area (Å²) in [4.78, 5) is 12.7. The van der Waals surface area contributed by atoms with Gasteiger partial charge in [0.05, 0.1) is 12.0 Å². The van der Waals surface area contributed by atoms with Crippen molar-refractivity contribution in [3.63, 3.8) is 0 Å². The number of nitrogens with one attached hydrogen (secondary N) is 1. The number of aryl methyl sites for hydroxylation is 1. The number of rotatable bonds is 3. The summed E-state index contributed by atoms with van der Waals surface area (Å²) in [5.74, 6) is 0.706. The van der Waals surface area contributed by atoms with Crippen LogP contribution in [0.2, 0.25) is 0 Å². The number of amides is 1. The zero-order valence-corrected chi connectivity index (χ0v) is 10.5. The predicted octanol–water partition coefficient (Wildman–Crippen LogP) is 3.32. The van der Waals surface area contributed by atoms with E-state index in [1.807, 2.05) is 42.6 Å². The van der Waals surface area contributed by atoms with Crippen LogP contribution >= 0.6 is 11.3 Å². The van der Waals surface area contributed by atoms with Crippen LogP contribution in [-0.2, 0) is 0 Å². The Kier molecular flexibility index (Phi) is 3.44. The summed E-state index contributed by atoms with van der Waals surface area (Å²) in [7, 11) is 1.61. The molecule has 88 valence electrons. The van der Waals surface area contributed by atoms with E-state index in [4.69, 9.17) is 4.74 Å². The minimum absolute atomic E-state index is 0.0670. The highest BCUT2D eigenvalue weighted by Crippen LogP contribution is 2.19. The van der Waals surface area contributed by atoms with Gasteiger partial charge in [-0.3, -0.25) is 4.79 Å². The molecule has 2 rings (SSSR count). The molecule has 4 heteroatoms. The van der Waals surface area contributed by atoms with E-state index >= 15 is 0 Å². The molecule has 1 N–H and O–H groups in total. The Hall–Kier alpha value is -1.81. The highest BCUT2D eigenvalue weighted by atomic mass is 32.1. The van der Waals surface area contributed by atoms with E-state index in [2.05, 4.69) is 5.32 Å². The zero-order valence-electron chi connectivity index (χ0n) is 9.69. The summed E-state index contributed by atoms with van der Waals surface area (Å²) < 4.78 is 5.05. The van der Waals surface area contributed by atoms with Gasteiger partial charge in [0, 0.05) is 5.69 Å². The van der Waals surface area contributed by atoms with Crippen molar-refractivity contribution in [1.29, 1.82) is 0 Å². The van der Waals surface area contributed by atoms with E-state index < -0.39 is 0 Å². The third kappa shape index (κ3) is 2.65. The molecule has 0 radical (unpaired) electrons. The molecule has 2 aromatic rings. The lowest BCUT2D eigenvalue weighted by atomic mass is 10.2. The number of methoxy groups -OCH3 is 1. The normalized spacial score (nSPS) is 10.0. The molecule has 0 spiro atoms. The number of hydrogen-bond acceptors (Lipinski definition) is 3. The van der Waals surface area contributed by atoms with E-state index in [1.165, 1.54) is 11.3 Å². The van der Waals surface area contributed by atoms with Crippen molar-refractivity contribution in [2.75, 3.05) is 12.4 Å². The molecule has 17 heavy (non-hydrogen) atoms. The SMILES string of the molecule is COc1ccc(NC(=O)c2sccc2C)cc1. The summed E-state index contributed by atoms with van der Waals surface area (Å²) >= 11 is 1.45. The van der Waals surface area contributed by atoms with Crippen LogP contribution in [0.15, 0.2) is 35.7 Å². The molecule has 1 aromatic heterocycles. The van der Waals surface area contributed by atoms with Gasteiger partial charge in [0.2, 0.25) is 0 Å². The monoisotopic (exact) mass is 247 g/mol. The van der Waals surface area contributed by atoms with Crippen molar-refractivity contribution in [1.82, 2.24) is 0 Å². The standard InChI is InChI=1S/C13H13NO2S/c1-9-7-8-17-12(9)13(15)14-10-3-5-11(16-2)6-4-10/h3-8H,1-2H3,(H,14,15). The zero-order chi connectivity index (χ0) is 12.3. The molecule has 0 aliphatic heterocycles. The first-order chi connectivity index (χ1) is 8.20. The fraction of sp³-hybridized carbons (Fsp3) is 0.154. The average Bonchev–Trinajstić information content (AvgIpc) is 2.76. The Morgan fingerprint density at radius 3 is 2.47 bits per heavy atom. The first kappa shape index (κ1) is 11.7. The highest BCUT2D eigenvalue weighted by molar-refractivity contribution is 7.12. The molecular formula is C13H13NO2S. The van der Waals surface area contributed by atoms with Gasteiger partial charge in [-0.2, -0.15) is 0 Å². The second-order valence-electron chi connectivity index (χ2n) is 3.62. The predicted molar refractivity (Wildman–Crippen MR) is 70.0 cm³/mol. The van der Waals surface area contributed by atoms with Crippen LogP contribution in [0.3, 0.4) is 0 Å². The number of carbonyl (C=O) groups excluding carboxylic acids is 1. The van der Waals surface area contributed by atoms with E-state index in [0.29, 0.717) is 0 Å². The van der Waals surface area contributed by atoms with Crippen LogP contribution in [0.4, 0.5) is 5.69 Å². The fourth-order valence-electron chi connectivity index (χ4n) is 1.47. The lowest BCUT2D eigenvalue weighted by Crippen LogP contribution is -2.11.